The van der Waals surface area contributed by atoms with Crippen LogP contribution in [0.25, 0.3) is 11.7 Å². The van der Waals surface area contributed by atoms with Crippen LogP contribution in [0.1, 0.15) is 40.7 Å². The van der Waals surface area contributed by atoms with Gasteiger partial charge in [-0.05, 0) is 44.5 Å². The van der Waals surface area contributed by atoms with E-state index in [1.807, 2.05) is 16.3 Å². The monoisotopic (exact) mass is 490 g/mol. The van der Waals surface area contributed by atoms with Crippen LogP contribution in [0.15, 0.2) is 36.4 Å². The molecule has 1 saturated heterocycles. The van der Waals surface area contributed by atoms with Crippen molar-refractivity contribution in [2.45, 2.75) is 39.7 Å². The first-order valence-corrected chi connectivity index (χ1v) is 12.8. The number of aryl methyl sites for hydroxylation is 3. The standard InChI is InChI=1S/C28H38N6O2/c1-5-25-24(27-30-20(2)17-21(3)34(27)31-25)18-23-10-8-22(9-11-23)7-6-12-32-13-15-33(16-14-32)28(36)26(19-35)29-4/h6-11,17,26,29,35H,5,12-16,18-19H2,1-4H3. The van der Waals surface area contributed by atoms with Crippen LogP contribution in [0, 0.1) is 13.8 Å². The lowest BCUT2D eigenvalue weighted by molar-refractivity contribution is -0.136. The molecule has 1 fully saturated rings. The summed E-state index contributed by atoms with van der Waals surface area (Å²) in [6.45, 7) is 9.99. The first-order chi connectivity index (χ1) is 17.4. The summed E-state index contributed by atoms with van der Waals surface area (Å²) < 4.78 is 1.97. The van der Waals surface area contributed by atoms with Gasteiger partial charge in [-0.15, -0.1) is 0 Å². The van der Waals surface area contributed by atoms with Crippen LogP contribution < -0.4 is 5.32 Å². The molecule has 0 aliphatic carbocycles. The second kappa shape index (κ2) is 11.8. The van der Waals surface area contributed by atoms with E-state index >= 15 is 0 Å². The van der Waals surface area contributed by atoms with Crippen LogP contribution in [0.4, 0.5) is 0 Å². The average Bonchev–Trinajstić information content (AvgIpc) is 3.23. The molecule has 8 nitrogen and oxygen atoms in total. The number of piperazine rings is 1. The molecule has 192 valence electrons. The van der Waals surface area contributed by atoms with Crippen molar-refractivity contribution in [3.05, 3.63) is 70.2 Å². The maximum absolute atomic E-state index is 12.4. The number of aliphatic hydroxyl groups excluding tert-OH is 1. The van der Waals surface area contributed by atoms with Gasteiger partial charge in [0.1, 0.15) is 6.04 Å². The number of nitrogens with zero attached hydrogens (tertiary/aromatic N) is 5. The van der Waals surface area contributed by atoms with Crippen molar-refractivity contribution in [2.75, 3.05) is 46.4 Å². The van der Waals surface area contributed by atoms with Gasteiger partial charge in [-0.3, -0.25) is 9.69 Å². The van der Waals surface area contributed by atoms with Crippen LogP contribution in [0.2, 0.25) is 0 Å². The SMILES string of the molecule is CCc1nn2c(C)cc(C)nc2c1Cc1ccc(C=CCN2CCN(C(=O)C(CO)NC)CC2)cc1. The lowest BCUT2D eigenvalue weighted by Crippen LogP contribution is -2.54. The van der Waals surface area contributed by atoms with Gasteiger partial charge in [0.2, 0.25) is 5.91 Å². The highest BCUT2D eigenvalue weighted by Crippen LogP contribution is 2.21. The quantitative estimate of drug-likeness (QED) is 0.479. The zero-order valence-electron chi connectivity index (χ0n) is 21.9. The maximum Gasteiger partial charge on any atom is 0.242 e. The van der Waals surface area contributed by atoms with Crippen LogP contribution in [0.5, 0.6) is 0 Å². The topological polar surface area (TPSA) is 86.0 Å². The molecular weight excluding hydrogens is 452 g/mol. The van der Waals surface area contributed by atoms with Gasteiger partial charge in [-0.1, -0.05) is 43.3 Å². The Balaban J connectivity index is 1.33. The molecule has 2 N–H and O–H groups in total. The molecule has 3 aromatic rings. The van der Waals surface area contributed by atoms with E-state index < -0.39 is 6.04 Å². The summed E-state index contributed by atoms with van der Waals surface area (Å²) in [6.07, 6.45) is 6.05. The van der Waals surface area contributed by atoms with E-state index in [1.54, 1.807) is 7.05 Å². The summed E-state index contributed by atoms with van der Waals surface area (Å²) >= 11 is 0. The molecule has 1 aliphatic heterocycles. The summed E-state index contributed by atoms with van der Waals surface area (Å²) in [5.74, 6) is -0.0217. The molecule has 1 aliphatic rings. The first-order valence-electron chi connectivity index (χ1n) is 12.8. The molecule has 1 aromatic carbocycles. The van der Waals surface area contributed by atoms with Crippen LogP contribution in [-0.4, -0.2) is 87.8 Å². The van der Waals surface area contributed by atoms with Crippen molar-refractivity contribution in [1.82, 2.24) is 29.7 Å². The van der Waals surface area contributed by atoms with E-state index in [0.29, 0.717) is 13.1 Å². The number of amides is 1. The number of rotatable bonds is 9. The predicted octanol–water partition coefficient (Wildman–Crippen LogP) is 2.24. The van der Waals surface area contributed by atoms with Crippen molar-refractivity contribution in [2.24, 2.45) is 0 Å². The molecule has 0 bridgehead atoms. The van der Waals surface area contributed by atoms with Crippen LogP contribution in [0.3, 0.4) is 0 Å². The Morgan fingerprint density at radius 1 is 1.17 bits per heavy atom. The van der Waals surface area contributed by atoms with Gasteiger partial charge < -0.3 is 15.3 Å². The fraction of sp³-hybridized carbons (Fsp3) is 0.464. The number of hydrogen-bond donors (Lipinski definition) is 2. The molecular formula is C28H38N6O2. The Hall–Kier alpha value is -3.07. The van der Waals surface area contributed by atoms with Gasteiger partial charge in [0.05, 0.1) is 12.3 Å². The van der Waals surface area contributed by atoms with E-state index in [0.717, 1.165) is 55.2 Å². The largest absolute Gasteiger partial charge is 0.394 e. The molecule has 0 saturated carbocycles. The number of benzene rings is 1. The Kier molecular flexibility index (Phi) is 8.51. The van der Waals surface area contributed by atoms with E-state index in [2.05, 4.69) is 66.5 Å². The maximum atomic E-state index is 12.4. The number of hydrogen-bond acceptors (Lipinski definition) is 6. The fourth-order valence-corrected chi connectivity index (χ4v) is 4.83. The Morgan fingerprint density at radius 2 is 1.89 bits per heavy atom. The van der Waals surface area contributed by atoms with Crippen molar-refractivity contribution < 1.29 is 9.90 Å². The van der Waals surface area contributed by atoms with E-state index in [-0.39, 0.29) is 12.5 Å². The van der Waals surface area contributed by atoms with E-state index in [9.17, 15) is 9.90 Å². The molecule has 2 aromatic heterocycles. The lowest BCUT2D eigenvalue weighted by Gasteiger charge is -2.35. The fourth-order valence-electron chi connectivity index (χ4n) is 4.83. The van der Waals surface area contributed by atoms with Gasteiger partial charge >= 0.3 is 0 Å². The zero-order valence-corrected chi connectivity index (χ0v) is 21.9. The molecule has 1 atom stereocenters. The molecule has 36 heavy (non-hydrogen) atoms. The minimum absolute atomic E-state index is 0.0217. The summed E-state index contributed by atoms with van der Waals surface area (Å²) in [5.41, 5.74) is 7.84. The van der Waals surface area contributed by atoms with Gasteiger partial charge in [0.15, 0.2) is 5.65 Å². The Labute approximate surface area is 213 Å². The normalized spacial score (nSPS) is 15.8. The minimum atomic E-state index is -0.509. The predicted molar refractivity (Wildman–Crippen MR) is 143 cm³/mol. The number of carbonyl (C=O) groups excluding carboxylic acids is 1. The number of carbonyl (C=O) groups is 1. The van der Waals surface area contributed by atoms with Gasteiger partial charge in [-0.25, -0.2) is 9.50 Å². The third-order valence-electron chi connectivity index (χ3n) is 6.96. The van der Waals surface area contributed by atoms with Gasteiger partial charge in [0, 0.05) is 56.1 Å². The van der Waals surface area contributed by atoms with Crippen LogP contribution >= 0.6 is 0 Å². The summed E-state index contributed by atoms with van der Waals surface area (Å²) in [4.78, 5) is 21.3. The Bertz CT molecular complexity index is 1200. The molecule has 1 amide bonds. The summed E-state index contributed by atoms with van der Waals surface area (Å²) in [5, 5.41) is 17.0. The van der Waals surface area contributed by atoms with E-state index in [4.69, 9.17) is 10.1 Å². The molecule has 0 spiro atoms. The van der Waals surface area contributed by atoms with Gasteiger partial charge in [-0.2, -0.15) is 5.10 Å². The summed E-state index contributed by atoms with van der Waals surface area (Å²) in [7, 11) is 1.70. The zero-order chi connectivity index (χ0) is 25.7. The average molecular weight is 491 g/mol. The second-order valence-corrected chi connectivity index (χ2v) is 9.52. The smallest absolute Gasteiger partial charge is 0.242 e. The van der Waals surface area contributed by atoms with Crippen molar-refractivity contribution >= 4 is 17.6 Å². The third kappa shape index (κ3) is 5.83. The third-order valence-corrected chi connectivity index (χ3v) is 6.96. The highest BCUT2D eigenvalue weighted by molar-refractivity contribution is 5.82. The van der Waals surface area contributed by atoms with Crippen molar-refractivity contribution in [3.63, 3.8) is 0 Å². The van der Waals surface area contributed by atoms with Crippen molar-refractivity contribution in [1.29, 1.82) is 0 Å². The number of aliphatic hydroxyl groups is 1. The molecule has 8 heteroatoms. The minimum Gasteiger partial charge on any atom is -0.394 e. The number of likely N-dealkylation sites (N-methyl/N-ethyl adjacent to an activating group) is 1. The molecule has 0 radical (unpaired) electrons. The summed E-state index contributed by atoms with van der Waals surface area (Å²) in [6, 6.07) is 10.3. The molecule has 4 rings (SSSR count). The lowest BCUT2D eigenvalue weighted by atomic mass is 10.0. The van der Waals surface area contributed by atoms with E-state index in [1.165, 1.54) is 16.7 Å². The second-order valence-electron chi connectivity index (χ2n) is 9.52. The number of fused-ring (bicyclic) bond motifs is 1. The highest BCUT2D eigenvalue weighted by Gasteiger charge is 2.25. The molecule has 3 heterocycles. The van der Waals surface area contributed by atoms with Gasteiger partial charge in [0.25, 0.3) is 0 Å². The van der Waals surface area contributed by atoms with Crippen molar-refractivity contribution in [3.8, 4) is 0 Å². The first kappa shape index (κ1) is 26.0. The Morgan fingerprint density at radius 3 is 2.53 bits per heavy atom. The molecule has 1 unspecified atom stereocenters. The van der Waals surface area contributed by atoms with Crippen LogP contribution in [-0.2, 0) is 17.6 Å². The number of aromatic nitrogens is 3. The number of nitrogens with one attached hydrogen (secondary N) is 1. The highest BCUT2D eigenvalue weighted by atomic mass is 16.3.